The first kappa shape index (κ1) is 14.6. The van der Waals surface area contributed by atoms with Crippen molar-refractivity contribution in [1.29, 1.82) is 0 Å². The average Bonchev–Trinajstić information content (AvgIpc) is 2.34. The van der Waals surface area contributed by atoms with E-state index < -0.39 is 6.61 Å². The van der Waals surface area contributed by atoms with Crippen molar-refractivity contribution in [3.63, 3.8) is 0 Å². The molecule has 0 unspecified atom stereocenters. The lowest BCUT2D eigenvalue weighted by Crippen LogP contribution is -2.47. The average molecular weight is 290 g/mol. The van der Waals surface area contributed by atoms with Gasteiger partial charge in [0.05, 0.1) is 19.8 Å². The second-order valence-electron chi connectivity index (χ2n) is 4.63. The molecular weight excluding hydrogens is 274 g/mol. The molecule has 1 aromatic rings. The maximum Gasteiger partial charge on any atom is 0.387 e. The van der Waals surface area contributed by atoms with E-state index >= 15 is 0 Å². The SMILES string of the molecule is OCC1(CSCc2ccccc2OC(F)F)COC1. The van der Waals surface area contributed by atoms with Gasteiger partial charge >= 0.3 is 6.61 Å². The van der Waals surface area contributed by atoms with E-state index in [0.717, 1.165) is 11.3 Å². The van der Waals surface area contributed by atoms with Gasteiger partial charge in [-0.05, 0) is 6.07 Å². The van der Waals surface area contributed by atoms with Gasteiger partial charge in [-0.1, -0.05) is 18.2 Å². The normalized spacial score (nSPS) is 17.3. The van der Waals surface area contributed by atoms with Crippen LogP contribution in [-0.2, 0) is 10.5 Å². The second kappa shape index (κ2) is 6.54. The molecule has 0 radical (unpaired) electrons. The Labute approximate surface area is 114 Å². The third-order valence-corrected chi connectivity index (χ3v) is 4.34. The molecule has 0 atom stereocenters. The van der Waals surface area contributed by atoms with Crippen LogP contribution in [0.2, 0.25) is 0 Å². The number of hydrogen-bond donors (Lipinski definition) is 1. The summed E-state index contributed by atoms with van der Waals surface area (Å²) in [6, 6.07) is 6.77. The van der Waals surface area contributed by atoms with E-state index in [-0.39, 0.29) is 17.8 Å². The fraction of sp³-hybridized carbons (Fsp3) is 0.538. The molecule has 2 rings (SSSR count). The molecule has 0 amide bonds. The van der Waals surface area contributed by atoms with Crippen LogP contribution >= 0.6 is 11.8 Å². The van der Waals surface area contributed by atoms with Gasteiger partial charge in [0.15, 0.2) is 0 Å². The summed E-state index contributed by atoms with van der Waals surface area (Å²) in [5.74, 6) is 1.53. The lowest BCUT2D eigenvalue weighted by molar-refractivity contribution is -0.121. The van der Waals surface area contributed by atoms with Crippen molar-refractivity contribution in [2.75, 3.05) is 25.6 Å². The second-order valence-corrected chi connectivity index (χ2v) is 5.62. The molecule has 0 bridgehead atoms. The Morgan fingerprint density at radius 1 is 1.37 bits per heavy atom. The topological polar surface area (TPSA) is 38.7 Å². The van der Waals surface area contributed by atoms with E-state index in [1.165, 1.54) is 6.07 Å². The van der Waals surface area contributed by atoms with Crippen molar-refractivity contribution >= 4 is 11.8 Å². The molecule has 106 valence electrons. The van der Waals surface area contributed by atoms with Crippen molar-refractivity contribution in [3.05, 3.63) is 29.8 Å². The molecule has 1 N–H and O–H groups in total. The highest BCUT2D eigenvalue weighted by molar-refractivity contribution is 7.98. The van der Waals surface area contributed by atoms with Gasteiger partial charge in [-0.2, -0.15) is 20.5 Å². The highest BCUT2D eigenvalue weighted by Crippen LogP contribution is 2.33. The summed E-state index contributed by atoms with van der Waals surface area (Å²) in [6.45, 7) is -1.60. The van der Waals surface area contributed by atoms with Crippen LogP contribution in [0.4, 0.5) is 8.78 Å². The van der Waals surface area contributed by atoms with Gasteiger partial charge in [-0.25, -0.2) is 0 Å². The molecule has 0 aliphatic carbocycles. The highest BCUT2D eigenvalue weighted by atomic mass is 32.2. The minimum atomic E-state index is -2.81. The van der Waals surface area contributed by atoms with Gasteiger partial charge < -0.3 is 14.6 Å². The monoisotopic (exact) mass is 290 g/mol. The lowest BCUT2D eigenvalue weighted by Gasteiger charge is -2.39. The molecule has 1 fully saturated rings. The fourth-order valence-electron chi connectivity index (χ4n) is 1.82. The molecular formula is C13H16F2O3S. The first-order chi connectivity index (χ1) is 9.15. The molecule has 1 aromatic carbocycles. The Morgan fingerprint density at radius 3 is 2.68 bits per heavy atom. The lowest BCUT2D eigenvalue weighted by atomic mass is 9.90. The van der Waals surface area contributed by atoms with Crippen LogP contribution in [0.3, 0.4) is 0 Å². The third-order valence-electron chi connectivity index (χ3n) is 3.01. The van der Waals surface area contributed by atoms with Gasteiger partial charge in [0.25, 0.3) is 0 Å². The van der Waals surface area contributed by atoms with Crippen LogP contribution in [0.5, 0.6) is 5.75 Å². The fourth-order valence-corrected chi connectivity index (χ4v) is 3.07. The maximum atomic E-state index is 12.3. The van der Waals surface area contributed by atoms with Crippen molar-refractivity contribution in [3.8, 4) is 5.75 Å². The zero-order valence-electron chi connectivity index (χ0n) is 10.4. The van der Waals surface area contributed by atoms with Crippen LogP contribution in [0.25, 0.3) is 0 Å². The minimum absolute atomic E-state index is 0.0924. The van der Waals surface area contributed by atoms with E-state index in [1.807, 2.05) is 0 Å². The van der Waals surface area contributed by atoms with E-state index in [4.69, 9.17) is 4.74 Å². The summed E-state index contributed by atoms with van der Waals surface area (Å²) in [4.78, 5) is 0. The number of thioether (sulfide) groups is 1. The van der Waals surface area contributed by atoms with Crippen LogP contribution < -0.4 is 4.74 Å². The van der Waals surface area contributed by atoms with E-state index in [2.05, 4.69) is 4.74 Å². The quantitative estimate of drug-likeness (QED) is 0.837. The summed E-state index contributed by atoms with van der Waals surface area (Å²) in [5, 5.41) is 9.29. The van der Waals surface area contributed by atoms with Crippen molar-refractivity contribution in [2.24, 2.45) is 5.41 Å². The van der Waals surface area contributed by atoms with Gasteiger partial charge in [-0.3, -0.25) is 0 Å². The standard InChI is InChI=1S/C13H16F2O3S/c14-12(15)18-11-4-2-1-3-10(11)5-19-9-13(6-16)7-17-8-13/h1-4,12,16H,5-9H2. The van der Waals surface area contributed by atoms with Crippen LogP contribution in [0.1, 0.15) is 5.56 Å². The predicted molar refractivity (Wildman–Crippen MR) is 69.6 cm³/mol. The van der Waals surface area contributed by atoms with Gasteiger partial charge in [-0.15, -0.1) is 0 Å². The number of alkyl halides is 2. The largest absolute Gasteiger partial charge is 0.435 e. The smallest absolute Gasteiger partial charge is 0.387 e. The molecule has 1 aliphatic heterocycles. The van der Waals surface area contributed by atoms with Crippen molar-refractivity contribution in [2.45, 2.75) is 12.4 Å². The summed E-state index contributed by atoms with van der Waals surface area (Å²) in [6.07, 6.45) is 0. The Kier molecular flexibility index (Phi) is 5.01. The number of aliphatic hydroxyl groups excluding tert-OH is 1. The van der Waals surface area contributed by atoms with Crippen molar-refractivity contribution < 1.29 is 23.4 Å². The number of hydrogen-bond acceptors (Lipinski definition) is 4. The first-order valence-corrected chi connectivity index (χ1v) is 7.10. The molecule has 1 aliphatic rings. The molecule has 1 heterocycles. The van der Waals surface area contributed by atoms with Gasteiger partial charge in [0.2, 0.25) is 0 Å². The van der Waals surface area contributed by atoms with Crippen molar-refractivity contribution in [1.82, 2.24) is 0 Å². The Morgan fingerprint density at radius 2 is 2.11 bits per heavy atom. The molecule has 3 nitrogen and oxygen atoms in total. The van der Waals surface area contributed by atoms with Gasteiger partial charge in [0, 0.05) is 22.5 Å². The van der Waals surface area contributed by atoms with Crippen LogP contribution in [-0.4, -0.2) is 37.3 Å². The molecule has 19 heavy (non-hydrogen) atoms. The third kappa shape index (κ3) is 3.81. The molecule has 0 spiro atoms. The Bertz CT molecular complexity index is 405. The Balaban J connectivity index is 1.88. The number of benzene rings is 1. The van der Waals surface area contributed by atoms with Crippen LogP contribution in [0.15, 0.2) is 24.3 Å². The highest BCUT2D eigenvalue weighted by Gasteiger charge is 2.37. The maximum absolute atomic E-state index is 12.3. The number of aliphatic hydroxyl groups is 1. The summed E-state index contributed by atoms with van der Waals surface area (Å²) >= 11 is 1.59. The molecule has 0 saturated carbocycles. The minimum Gasteiger partial charge on any atom is -0.435 e. The summed E-state index contributed by atoms with van der Waals surface area (Å²) in [7, 11) is 0. The number of halogens is 2. The van der Waals surface area contributed by atoms with Gasteiger partial charge in [0.1, 0.15) is 5.75 Å². The number of para-hydroxylation sites is 1. The van der Waals surface area contributed by atoms with E-state index in [9.17, 15) is 13.9 Å². The molecule has 6 heteroatoms. The summed E-state index contributed by atoms with van der Waals surface area (Å²) in [5.41, 5.74) is 0.574. The van der Waals surface area contributed by atoms with E-state index in [1.54, 1.807) is 30.0 Å². The number of rotatable bonds is 7. The predicted octanol–water partition coefficient (Wildman–Crippen LogP) is 2.53. The first-order valence-electron chi connectivity index (χ1n) is 5.94. The van der Waals surface area contributed by atoms with E-state index in [0.29, 0.717) is 19.0 Å². The molecule has 1 saturated heterocycles. The zero-order valence-corrected chi connectivity index (χ0v) is 11.2. The Hall–Kier alpha value is -0.850. The van der Waals surface area contributed by atoms with Crippen LogP contribution in [0, 0.1) is 5.41 Å². The number of ether oxygens (including phenoxy) is 2. The zero-order chi connectivity index (χ0) is 13.7. The molecule has 0 aromatic heterocycles. The summed E-state index contributed by atoms with van der Waals surface area (Å²) < 4.78 is 34.1.